The summed E-state index contributed by atoms with van der Waals surface area (Å²) in [6.45, 7) is 1.73. The van der Waals surface area contributed by atoms with Crippen molar-refractivity contribution in [1.29, 1.82) is 0 Å². The summed E-state index contributed by atoms with van der Waals surface area (Å²) in [6.07, 6.45) is -3.07. The van der Waals surface area contributed by atoms with Gasteiger partial charge in [0.2, 0.25) is 0 Å². The van der Waals surface area contributed by atoms with Gasteiger partial charge in [-0.1, -0.05) is 0 Å². The maximum absolute atomic E-state index is 9.03. The lowest BCUT2D eigenvalue weighted by molar-refractivity contribution is -0.242. The molecule has 0 spiro atoms. The Kier molecular flexibility index (Phi) is 2.25. The van der Waals surface area contributed by atoms with Crippen LogP contribution in [0, 0.1) is 0 Å². The van der Waals surface area contributed by atoms with Crippen molar-refractivity contribution in [2.45, 2.75) is 37.9 Å². The molecular weight excluding hydrogens is 136 g/mol. The van der Waals surface area contributed by atoms with Gasteiger partial charge in [-0.3, -0.25) is 0 Å². The first kappa shape index (κ1) is 7.94. The number of aliphatic hydroxyl groups excluding tert-OH is 3. The molecule has 1 aliphatic heterocycles. The van der Waals surface area contributed by atoms with Gasteiger partial charge in [0.15, 0.2) is 6.29 Å². The Morgan fingerprint density at radius 2 is 1.90 bits per heavy atom. The lowest BCUT2D eigenvalue weighted by atomic mass is 10.0. The molecule has 0 bridgehead atoms. The van der Waals surface area contributed by atoms with Gasteiger partial charge in [-0.25, -0.2) is 0 Å². The van der Waals surface area contributed by atoms with E-state index in [2.05, 4.69) is 0 Å². The van der Waals surface area contributed by atoms with E-state index in [4.69, 9.17) is 20.1 Å². The Hall–Kier alpha value is -0.160. The second kappa shape index (κ2) is 2.84. The summed E-state index contributed by atoms with van der Waals surface area (Å²) in [6, 6.07) is 0. The van der Waals surface area contributed by atoms with E-state index in [0.717, 1.165) is 0 Å². The standard InChI is InChI=1S/C6H12O4/c1-3-2-4(7)5(8)6(9)10-3/h3-9H,2H2,1H3/t3-,4-,5+,6+/m0/s1. The quantitative estimate of drug-likeness (QED) is 0.405. The van der Waals surface area contributed by atoms with Gasteiger partial charge in [-0.2, -0.15) is 0 Å². The first-order valence-corrected chi connectivity index (χ1v) is 3.31. The zero-order chi connectivity index (χ0) is 7.72. The Balaban J connectivity index is 2.49. The van der Waals surface area contributed by atoms with Crippen molar-refractivity contribution < 1.29 is 20.1 Å². The minimum Gasteiger partial charge on any atom is -0.390 e. The molecule has 0 aromatic carbocycles. The van der Waals surface area contributed by atoms with Crippen LogP contribution in [0.25, 0.3) is 0 Å². The van der Waals surface area contributed by atoms with Gasteiger partial charge in [0, 0.05) is 6.42 Å². The lowest BCUT2D eigenvalue weighted by Gasteiger charge is -2.32. The second-order valence-electron chi connectivity index (χ2n) is 2.63. The van der Waals surface area contributed by atoms with Gasteiger partial charge in [-0.15, -0.1) is 0 Å². The summed E-state index contributed by atoms with van der Waals surface area (Å²) < 4.78 is 4.81. The van der Waals surface area contributed by atoms with E-state index in [1.54, 1.807) is 6.92 Å². The fourth-order valence-electron chi connectivity index (χ4n) is 1.04. The van der Waals surface area contributed by atoms with Gasteiger partial charge in [-0.05, 0) is 6.92 Å². The highest BCUT2D eigenvalue weighted by atomic mass is 16.6. The maximum Gasteiger partial charge on any atom is 0.183 e. The molecule has 1 rings (SSSR count). The Bertz CT molecular complexity index is 104. The molecule has 0 radical (unpaired) electrons. The van der Waals surface area contributed by atoms with Crippen molar-refractivity contribution >= 4 is 0 Å². The van der Waals surface area contributed by atoms with Gasteiger partial charge in [0.25, 0.3) is 0 Å². The summed E-state index contributed by atoms with van der Waals surface area (Å²) in [5.74, 6) is 0. The summed E-state index contributed by atoms with van der Waals surface area (Å²) in [5.41, 5.74) is 0. The van der Waals surface area contributed by atoms with Crippen LogP contribution < -0.4 is 0 Å². The fourth-order valence-corrected chi connectivity index (χ4v) is 1.04. The predicted octanol–water partition coefficient (Wildman–Crippen LogP) is -1.16. The summed E-state index contributed by atoms with van der Waals surface area (Å²) in [7, 11) is 0. The van der Waals surface area contributed by atoms with Crippen molar-refractivity contribution in [2.24, 2.45) is 0 Å². The lowest BCUT2D eigenvalue weighted by Crippen LogP contribution is -2.47. The van der Waals surface area contributed by atoms with Crippen molar-refractivity contribution in [1.82, 2.24) is 0 Å². The van der Waals surface area contributed by atoms with Crippen molar-refractivity contribution in [3.63, 3.8) is 0 Å². The molecule has 4 atom stereocenters. The average molecular weight is 148 g/mol. The van der Waals surface area contributed by atoms with E-state index in [1.807, 2.05) is 0 Å². The Morgan fingerprint density at radius 3 is 2.40 bits per heavy atom. The number of rotatable bonds is 0. The highest BCUT2D eigenvalue weighted by Gasteiger charge is 2.33. The molecule has 1 saturated heterocycles. The largest absolute Gasteiger partial charge is 0.390 e. The second-order valence-corrected chi connectivity index (χ2v) is 2.63. The fraction of sp³-hybridized carbons (Fsp3) is 1.00. The third-order valence-corrected chi connectivity index (χ3v) is 1.63. The Morgan fingerprint density at radius 1 is 1.30 bits per heavy atom. The topological polar surface area (TPSA) is 69.9 Å². The molecule has 4 heteroatoms. The van der Waals surface area contributed by atoms with Crippen LogP contribution in [0.1, 0.15) is 13.3 Å². The molecular formula is C6H12O4. The van der Waals surface area contributed by atoms with E-state index in [1.165, 1.54) is 0 Å². The average Bonchev–Trinajstić information content (AvgIpc) is 1.82. The molecule has 4 nitrogen and oxygen atoms in total. The number of hydrogen-bond donors (Lipinski definition) is 3. The number of hydrogen-bond acceptors (Lipinski definition) is 4. The van der Waals surface area contributed by atoms with Crippen molar-refractivity contribution in [3.8, 4) is 0 Å². The summed E-state index contributed by atoms with van der Waals surface area (Å²) >= 11 is 0. The number of ether oxygens (including phenoxy) is 1. The third kappa shape index (κ3) is 1.46. The summed E-state index contributed by atoms with van der Waals surface area (Å²) in [5, 5.41) is 26.9. The molecule has 3 N–H and O–H groups in total. The molecule has 1 aliphatic rings. The first-order valence-electron chi connectivity index (χ1n) is 3.31. The molecule has 1 heterocycles. The zero-order valence-electron chi connectivity index (χ0n) is 5.77. The van der Waals surface area contributed by atoms with E-state index < -0.39 is 18.5 Å². The molecule has 0 saturated carbocycles. The van der Waals surface area contributed by atoms with Crippen LogP contribution in [0.15, 0.2) is 0 Å². The van der Waals surface area contributed by atoms with Gasteiger partial charge >= 0.3 is 0 Å². The molecule has 0 aliphatic carbocycles. The van der Waals surface area contributed by atoms with E-state index in [9.17, 15) is 0 Å². The summed E-state index contributed by atoms with van der Waals surface area (Å²) in [4.78, 5) is 0. The molecule has 0 aromatic rings. The van der Waals surface area contributed by atoms with Gasteiger partial charge in [0.05, 0.1) is 12.2 Å². The van der Waals surface area contributed by atoms with Crippen LogP contribution in [-0.2, 0) is 4.74 Å². The molecule has 0 aromatic heterocycles. The van der Waals surface area contributed by atoms with Crippen LogP contribution >= 0.6 is 0 Å². The number of aliphatic hydroxyl groups is 3. The minimum absolute atomic E-state index is 0.187. The van der Waals surface area contributed by atoms with Crippen LogP contribution in [0.5, 0.6) is 0 Å². The molecule has 0 unspecified atom stereocenters. The third-order valence-electron chi connectivity index (χ3n) is 1.63. The monoisotopic (exact) mass is 148 g/mol. The van der Waals surface area contributed by atoms with Crippen molar-refractivity contribution in [3.05, 3.63) is 0 Å². The predicted molar refractivity (Wildman–Crippen MR) is 33.2 cm³/mol. The molecule has 1 fully saturated rings. The van der Waals surface area contributed by atoms with Gasteiger partial charge < -0.3 is 20.1 Å². The van der Waals surface area contributed by atoms with E-state index >= 15 is 0 Å². The zero-order valence-corrected chi connectivity index (χ0v) is 5.77. The van der Waals surface area contributed by atoms with E-state index in [-0.39, 0.29) is 6.10 Å². The Labute approximate surface area is 59.1 Å². The van der Waals surface area contributed by atoms with Crippen molar-refractivity contribution in [2.75, 3.05) is 0 Å². The minimum atomic E-state index is -1.24. The van der Waals surface area contributed by atoms with Crippen LogP contribution in [0.2, 0.25) is 0 Å². The van der Waals surface area contributed by atoms with Gasteiger partial charge in [0.1, 0.15) is 6.10 Å². The van der Waals surface area contributed by atoms with Crippen LogP contribution in [0.4, 0.5) is 0 Å². The molecule has 60 valence electrons. The van der Waals surface area contributed by atoms with Crippen LogP contribution in [0.3, 0.4) is 0 Å². The molecule has 0 amide bonds. The normalized spacial score (nSPS) is 49.2. The highest BCUT2D eigenvalue weighted by molar-refractivity contribution is 4.77. The highest BCUT2D eigenvalue weighted by Crippen LogP contribution is 2.17. The first-order chi connectivity index (χ1) is 4.61. The molecule has 10 heavy (non-hydrogen) atoms. The van der Waals surface area contributed by atoms with Crippen LogP contribution in [-0.4, -0.2) is 39.9 Å². The van der Waals surface area contributed by atoms with E-state index in [0.29, 0.717) is 6.42 Å². The maximum atomic E-state index is 9.03. The smallest absolute Gasteiger partial charge is 0.183 e. The SMILES string of the molecule is C[C@H]1C[C@H](O)[C@@H](O)[C@H](O)O1.